The molecule has 8 nitrogen and oxygen atoms in total. The van der Waals surface area contributed by atoms with Gasteiger partial charge in [-0.2, -0.15) is 0 Å². The predicted octanol–water partition coefficient (Wildman–Crippen LogP) is 3.41. The van der Waals surface area contributed by atoms with Crippen molar-refractivity contribution in [3.05, 3.63) is 82.9 Å². The second kappa shape index (κ2) is 8.05. The van der Waals surface area contributed by atoms with Crippen molar-refractivity contribution in [2.45, 2.75) is 5.60 Å². The molecule has 0 atom stereocenters. The van der Waals surface area contributed by atoms with Crippen molar-refractivity contribution in [2.75, 3.05) is 38.0 Å². The number of hydrogen-bond donors (Lipinski definition) is 2. The van der Waals surface area contributed by atoms with E-state index in [1.807, 2.05) is 98.7 Å². The number of ether oxygens (including phenoxy) is 2. The van der Waals surface area contributed by atoms with Crippen molar-refractivity contribution >= 4 is 23.4 Å². The molecule has 4 N–H and O–H groups in total. The van der Waals surface area contributed by atoms with Gasteiger partial charge in [-0.25, -0.2) is 9.59 Å². The summed E-state index contributed by atoms with van der Waals surface area (Å²) >= 11 is 0. The molecule has 0 aliphatic carbocycles. The Bertz CT molecular complexity index is 1190. The van der Waals surface area contributed by atoms with Gasteiger partial charge in [0, 0.05) is 68.4 Å². The van der Waals surface area contributed by atoms with E-state index in [0.717, 1.165) is 28.1 Å². The number of amides is 2. The van der Waals surface area contributed by atoms with E-state index in [1.165, 1.54) is 0 Å². The van der Waals surface area contributed by atoms with Crippen LogP contribution >= 0.6 is 0 Å². The van der Waals surface area contributed by atoms with Gasteiger partial charge < -0.3 is 30.7 Å². The number of primary amides is 2. The van der Waals surface area contributed by atoms with Gasteiger partial charge in [0.25, 0.3) is 0 Å². The van der Waals surface area contributed by atoms with Gasteiger partial charge >= 0.3 is 12.0 Å². The number of hydrogen-bond acceptors (Lipinski definition) is 6. The molecular formula is C25H26N4O4. The molecule has 0 saturated carbocycles. The molecule has 0 unspecified atom stereocenters. The zero-order valence-electron chi connectivity index (χ0n) is 19.0. The number of nitrogens with zero attached hydrogens (tertiary/aromatic N) is 2. The average Bonchev–Trinajstić information content (AvgIpc) is 3.06. The third-order valence-electron chi connectivity index (χ3n) is 5.71. The van der Waals surface area contributed by atoms with Crippen LogP contribution in [0.25, 0.3) is 0 Å². The highest BCUT2D eigenvalue weighted by Gasteiger charge is 2.53. The van der Waals surface area contributed by atoms with Crippen molar-refractivity contribution in [3.63, 3.8) is 0 Å². The fraction of sp³-hybridized carbons (Fsp3) is 0.200. The SMILES string of the molecule is CN(C)c1ccc2c(c1)Oc1cc(N(C)C)ccc1C21OC(=O)c2ccccc21.NC(N)=O. The Hall–Kier alpha value is -4.20. The second-order valence-electron chi connectivity index (χ2n) is 8.27. The van der Waals surface area contributed by atoms with E-state index in [4.69, 9.17) is 14.3 Å². The molecule has 0 bridgehead atoms. The topological polar surface area (TPSA) is 111 Å². The van der Waals surface area contributed by atoms with Crippen LogP contribution in [0.5, 0.6) is 11.5 Å². The van der Waals surface area contributed by atoms with Gasteiger partial charge in [0.15, 0.2) is 5.60 Å². The summed E-state index contributed by atoms with van der Waals surface area (Å²) < 4.78 is 12.5. The molecule has 3 aromatic rings. The quantitative estimate of drug-likeness (QED) is 0.584. The van der Waals surface area contributed by atoms with Crippen LogP contribution in [-0.2, 0) is 10.3 Å². The molecule has 3 aromatic carbocycles. The van der Waals surface area contributed by atoms with Gasteiger partial charge in [0.2, 0.25) is 0 Å². The largest absolute Gasteiger partial charge is 0.456 e. The molecule has 8 heteroatoms. The maximum Gasteiger partial charge on any atom is 0.340 e. The normalized spacial score (nSPS) is 14.0. The summed E-state index contributed by atoms with van der Waals surface area (Å²) in [7, 11) is 7.96. The third-order valence-corrected chi connectivity index (χ3v) is 5.71. The lowest BCUT2D eigenvalue weighted by atomic mass is 9.77. The van der Waals surface area contributed by atoms with Crippen LogP contribution in [0.15, 0.2) is 60.7 Å². The number of benzene rings is 3. The monoisotopic (exact) mass is 446 g/mol. The highest BCUT2D eigenvalue weighted by atomic mass is 16.6. The number of nitrogens with two attached hydrogens (primary N) is 2. The molecule has 1 spiro atoms. The van der Waals surface area contributed by atoms with Crippen molar-refractivity contribution in [2.24, 2.45) is 11.5 Å². The Morgan fingerprint density at radius 1 is 0.788 bits per heavy atom. The van der Waals surface area contributed by atoms with E-state index in [1.54, 1.807) is 0 Å². The van der Waals surface area contributed by atoms with Gasteiger partial charge in [0.05, 0.1) is 5.56 Å². The summed E-state index contributed by atoms with van der Waals surface area (Å²) in [4.78, 5) is 25.9. The summed E-state index contributed by atoms with van der Waals surface area (Å²) in [5.74, 6) is 1.08. The summed E-state index contributed by atoms with van der Waals surface area (Å²) in [6.45, 7) is 0. The fourth-order valence-corrected chi connectivity index (χ4v) is 4.21. The van der Waals surface area contributed by atoms with Crippen LogP contribution in [0.2, 0.25) is 0 Å². The van der Waals surface area contributed by atoms with Crippen LogP contribution in [0.1, 0.15) is 27.0 Å². The number of anilines is 2. The molecule has 0 aromatic heterocycles. The third kappa shape index (κ3) is 3.59. The molecular weight excluding hydrogens is 420 g/mol. The number of esters is 1. The minimum atomic E-state index is -1.01. The summed E-state index contributed by atoms with van der Waals surface area (Å²) in [5, 5.41) is 0. The molecule has 5 rings (SSSR count). The van der Waals surface area contributed by atoms with Crippen molar-refractivity contribution in [1.82, 2.24) is 0 Å². The van der Waals surface area contributed by atoms with Gasteiger partial charge in [-0.05, 0) is 30.3 Å². The lowest BCUT2D eigenvalue weighted by Gasteiger charge is -2.37. The van der Waals surface area contributed by atoms with Crippen LogP contribution in [0.3, 0.4) is 0 Å². The molecule has 0 radical (unpaired) electrons. The van der Waals surface area contributed by atoms with E-state index in [9.17, 15) is 4.79 Å². The zero-order chi connectivity index (χ0) is 23.9. The predicted molar refractivity (Wildman–Crippen MR) is 127 cm³/mol. The summed E-state index contributed by atoms with van der Waals surface area (Å²) in [6, 6.07) is 18.8. The molecule has 2 heterocycles. The van der Waals surface area contributed by atoms with E-state index in [0.29, 0.717) is 17.1 Å². The van der Waals surface area contributed by atoms with Gasteiger partial charge in [-0.1, -0.05) is 18.2 Å². The minimum Gasteiger partial charge on any atom is -0.456 e. The molecule has 0 saturated heterocycles. The van der Waals surface area contributed by atoms with Crippen LogP contribution in [-0.4, -0.2) is 40.2 Å². The Balaban J connectivity index is 0.000000601. The smallest absolute Gasteiger partial charge is 0.340 e. The maximum absolute atomic E-state index is 12.8. The Kier molecular flexibility index (Phi) is 5.37. The summed E-state index contributed by atoms with van der Waals surface area (Å²) in [6.07, 6.45) is 0. The fourth-order valence-electron chi connectivity index (χ4n) is 4.21. The van der Waals surface area contributed by atoms with E-state index < -0.39 is 11.6 Å². The first kappa shape index (κ1) is 22.0. The average molecular weight is 447 g/mol. The number of fused-ring (bicyclic) bond motifs is 6. The molecule has 2 aliphatic heterocycles. The van der Waals surface area contributed by atoms with E-state index in [2.05, 4.69) is 11.5 Å². The Labute approximate surface area is 192 Å². The number of rotatable bonds is 2. The van der Waals surface area contributed by atoms with Crippen LogP contribution in [0, 0.1) is 0 Å². The van der Waals surface area contributed by atoms with E-state index >= 15 is 0 Å². The maximum atomic E-state index is 12.8. The minimum absolute atomic E-state index is 0.312. The number of urea groups is 1. The molecule has 2 aliphatic rings. The van der Waals surface area contributed by atoms with Crippen molar-refractivity contribution in [1.29, 1.82) is 0 Å². The lowest BCUT2D eigenvalue weighted by Crippen LogP contribution is -2.33. The zero-order valence-corrected chi connectivity index (χ0v) is 19.0. The van der Waals surface area contributed by atoms with Crippen LogP contribution < -0.4 is 26.0 Å². The first-order valence-corrected chi connectivity index (χ1v) is 10.3. The highest BCUT2D eigenvalue weighted by Crippen LogP contribution is 2.56. The van der Waals surface area contributed by atoms with Crippen molar-refractivity contribution < 1.29 is 19.1 Å². The van der Waals surface area contributed by atoms with Crippen LogP contribution in [0.4, 0.5) is 16.2 Å². The van der Waals surface area contributed by atoms with Gasteiger partial charge in [-0.3, -0.25) is 0 Å². The second-order valence-corrected chi connectivity index (χ2v) is 8.27. The first-order chi connectivity index (χ1) is 15.6. The van der Waals surface area contributed by atoms with Gasteiger partial charge in [0.1, 0.15) is 11.5 Å². The molecule has 0 fully saturated rings. The Morgan fingerprint density at radius 3 is 1.76 bits per heavy atom. The molecule has 2 amide bonds. The van der Waals surface area contributed by atoms with Crippen molar-refractivity contribution in [3.8, 4) is 11.5 Å². The van der Waals surface area contributed by atoms with Gasteiger partial charge in [-0.15, -0.1) is 0 Å². The first-order valence-electron chi connectivity index (χ1n) is 10.3. The standard InChI is InChI=1S/C24H22N2O3.CH4N2O/c1-25(2)15-9-11-19-21(13-15)28-22-14-16(26(3)4)10-12-20(22)24(19)18-8-6-5-7-17(18)23(27)29-24;2-1(3)4/h5-14H,1-4H3;(H4,2,3,4). The molecule has 33 heavy (non-hydrogen) atoms. The highest BCUT2D eigenvalue weighted by molar-refractivity contribution is 5.97. The lowest BCUT2D eigenvalue weighted by molar-refractivity contribution is 0.0224. The Morgan fingerprint density at radius 2 is 1.27 bits per heavy atom. The number of carbonyl (C=O) groups is 2. The number of carbonyl (C=O) groups excluding carboxylic acids is 2. The summed E-state index contributed by atoms with van der Waals surface area (Å²) in [5.41, 5.74) is 12.7. The molecule has 170 valence electrons. The van der Waals surface area contributed by atoms with E-state index in [-0.39, 0.29) is 5.97 Å².